The van der Waals surface area contributed by atoms with Crippen LogP contribution in [0.15, 0.2) is 17.3 Å². The SMILES string of the molecule is C[C@]12CC[C@H]3[C@@H](CCC4C/C(=N\O[C@@H]5CCNC5)[C@H](F)C[C@@]43C)[C@@H]1CC[C@@H]2O.O=C(O)/C=C/C(=O)O. The lowest BCUT2D eigenvalue weighted by molar-refractivity contribution is -0.134. The standard InChI is InChI=1S/C23H37FN2O2.C4H4O4/c1-22-9-7-18-16(17(22)5-6-21(22)27)4-3-14-11-20(19(24)12-23(14,18)2)26-28-15-8-10-25-13-15;5-3(6)1-2-4(7)8/h14-19,21,25,27H,3-13H2,1-2H3;1-2H,(H,5,6)(H,7,8)/b26-20+;2-1+/t14?,15-,16+,17+,18+,19-,21+,22+,23+;/m1./s1. The van der Waals surface area contributed by atoms with Gasteiger partial charge in [-0.2, -0.15) is 0 Å². The van der Waals surface area contributed by atoms with Crippen LogP contribution in [0.5, 0.6) is 0 Å². The van der Waals surface area contributed by atoms with E-state index in [2.05, 4.69) is 24.3 Å². The highest BCUT2D eigenvalue weighted by Gasteiger charge is 2.61. The first-order chi connectivity index (χ1) is 17.0. The molecule has 0 amide bonds. The molecule has 0 radical (unpaired) electrons. The number of carbonyl (C=O) groups is 2. The van der Waals surface area contributed by atoms with Gasteiger partial charge in [0.15, 0.2) is 0 Å². The maximum atomic E-state index is 15.2. The third-order valence-electron chi connectivity index (χ3n) is 10.2. The maximum absolute atomic E-state index is 15.2. The van der Waals surface area contributed by atoms with Gasteiger partial charge in [0, 0.05) is 25.1 Å². The van der Waals surface area contributed by atoms with Crippen molar-refractivity contribution in [2.45, 2.75) is 90.0 Å². The van der Waals surface area contributed by atoms with Crippen LogP contribution in [0.4, 0.5) is 4.39 Å². The Morgan fingerprint density at radius 3 is 2.36 bits per heavy atom. The van der Waals surface area contributed by atoms with Crippen LogP contribution in [0.3, 0.4) is 0 Å². The lowest BCUT2D eigenvalue weighted by atomic mass is 9.45. The molecule has 9 heteroatoms. The summed E-state index contributed by atoms with van der Waals surface area (Å²) in [5.74, 6) is -0.0799. The van der Waals surface area contributed by atoms with E-state index in [0.717, 1.165) is 51.6 Å². The van der Waals surface area contributed by atoms with E-state index in [4.69, 9.17) is 15.1 Å². The second-order valence-corrected chi connectivity index (χ2v) is 12.0. The van der Waals surface area contributed by atoms with Crippen molar-refractivity contribution in [3.8, 4) is 0 Å². The monoisotopic (exact) mass is 508 g/mol. The van der Waals surface area contributed by atoms with Crippen LogP contribution in [-0.4, -0.2) is 64.4 Å². The summed E-state index contributed by atoms with van der Waals surface area (Å²) < 4.78 is 15.2. The van der Waals surface area contributed by atoms with Crippen molar-refractivity contribution < 1.29 is 34.1 Å². The first kappa shape index (κ1) is 27.0. The molecule has 1 heterocycles. The molecule has 0 aromatic heterocycles. The van der Waals surface area contributed by atoms with E-state index < -0.39 is 18.1 Å². The molecule has 4 aliphatic carbocycles. The maximum Gasteiger partial charge on any atom is 0.328 e. The lowest BCUT2D eigenvalue weighted by Crippen LogP contribution is -2.55. The molecule has 8 nitrogen and oxygen atoms in total. The fourth-order valence-electron chi connectivity index (χ4n) is 8.14. The van der Waals surface area contributed by atoms with Crippen molar-refractivity contribution >= 4 is 17.7 Å². The molecule has 4 saturated carbocycles. The smallest absolute Gasteiger partial charge is 0.328 e. The number of aliphatic hydroxyl groups is 1. The number of halogens is 1. The van der Waals surface area contributed by atoms with Gasteiger partial charge in [-0.3, -0.25) is 0 Å². The minimum absolute atomic E-state index is 0.0745. The van der Waals surface area contributed by atoms with E-state index in [-0.39, 0.29) is 23.0 Å². The number of aliphatic carboxylic acids is 2. The Labute approximate surface area is 212 Å². The van der Waals surface area contributed by atoms with Gasteiger partial charge in [0.05, 0.1) is 11.8 Å². The van der Waals surface area contributed by atoms with Crippen molar-refractivity contribution in [2.75, 3.05) is 13.1 Å². The number of aliphatic hydroxyl groups excluding tert-OH is 1. The zero-order valence-corrected chi connectivity index (χ0v) is 21.4. The highest BCUT2D eigenvalue weighted by atomic mass is 19.1. The molecule has 0 spiro atoms. The number of hydrogen-bond acceptors (Lipinski definition) is 6. The Bertz CT molecular complexity index is 873. The Balaban J connectivity index is 0.000000331. The summed E-state index contributed by atoms with van der Waals surface area (Å²) in [4.78, 5) is 24.8. The molecular weight excluding hydrogens is 467 g/mol. The molecule has 0 bridgehead atoms. The predicted octanol–water partition coefficient (Wildman–Crippen LogP) is 3.78. The summed E-state index contributed by atoms with van der Waals surface area (Å²) >= 11 is 0. The Morgan fingerprint density at radius 1 is 1.03 bits per heavy atom. The number of alkyl halides is 1. The van der Waals surface area contributed by atoms with Gasteiger partial charge in [0.2, 0.25) is 0 Å². The number of nitrogens with zero attached hydrogens (tertiary/aromatic N) is 1. The van der Waals surface area contributed by atoms with Crippen LogP contribution in [0.25, 0.3) is 0 Å². The lowest BCUT2D eigenvalue weighted by Gasteiger charge is -2.60. The van der Waals surface area contributed by atoms with Crippen LogP contribution in [-0.2, 0) is 14.4 Å². The average Bonchev–Trinajstić information content (AvgIpc) is 3.44. The zero-order chi connectivity index (χ0) is 26.1. The topological polar surface area (TPSA) is 128 Å². The Hall–Kier alpha value is -2.00. The van der Waals surface area contributed by atoms with Crippen molar-refractivity contribution in [1.29, 1.82) is 0 Å². The van der Waals surface area contributed by atoms with Crippen LogP contribution in [0, 0.1) is 34.5 Å². The van der Waals surface area contributed by atoms with E-state index in [1.807, 2.05) is 0 Å². The molecule has 1 unspecified atom stereocenters. The van der Waals surface area contributed by atoms with Gasteiger partial charge in [-0.25, -0.2) is 14.0 Å². The first-order valence-electron chi connectivity index (χ1n) is 13.4. The van der Waals surface area contributed by atoms with Crippen LogP contribution in [0.1, 0.15) is 71.6 Å². The number of carboxylic acids is 2. The number of hydrogen-bond donors (Lipinski definition) is 4. The predicted molar refractivity (Wildman–Crippen MR) is 132 cm³/mol. The van der Waals surface area contributed by atoms with Crippen molar-refractivity contribution in [3.63, 3.8) is 0 Å². The first-order valence-corrected chi connectivity index (χ1v) is 13.4. The van der Waals surface area contributed by atoms with Gasteiger partial charge in [0.1, 0.15) is 12.3 Å². The number of carboxylic acid groups (broad SMARTS) is 2. The normalized spacial score (nSPS) is 44.8. The minimum Gasteiger partial charge on any atom is -0.478 e. The molecule has 9 atom stereocenters. The fraction of sp³-hybridized carbons (Fsp3) is 0.815. The molecule has 1 aliphatic heterocycles. The van der Waals surface area contributed by atoms with Crippen LogP contribution >= 0.6 is 0 Å². The van der Waals surface area contributed by atoms with Gasteiger partial charge in [-0.05, 0) is 92.4 Å². The highest BCUT2D eigenvalue weighted by Crippen LogP contribution is 2.66. The van der Waals surface area contributed by atoms with Crippen molar-refractivity contribution in [1.82, 2.24) is 5.32 Å². The Morgan fingerprint density at radius 2 is 1.72 bits per heavy atom. The van der Waals surface area contributed by atoms with Gasteiger partial charge >= 0.3 is 11.9 Å². The molecule has 1 saturated heterocycles. The summed E-state index contributed by atoms with van der Waals surface area (Å²) in [6, 6.07) is 0. The van der Waals surface area contributed by atoms with Gasteiger partial charge in [-0.1, -0.05) is 19.0 Å². The van der Waals surface area contributed by atoms with Crippen molar-refractivity contribution in [2.24, 2.45) is 39.7 Å². The molecule has 0 aromatic rings. The van der Waals surface area contributed by atoms with E-state index in [1.54, 1.807) is 0 Å². The fourth-order valence-corrected chi connectivity index (χ4v) is 8.14. The van der Waals surface area contributed by atoms with Gasteiger partial charge in [-0.15, -0.1) is 0 Å². The quantitative estimate of drug-likeness (QED) is 0.336. The van der Waals surface area contributed by atoms with Gasteiger partial charge in [0.25, 0.3) is 0 Å². The minimum atomic E-state index is -1.26. The number of rotatable bonds is 4. The molecule has 5 rings (SSSR count). The third kappa shape index (κ3) is 5.32. The summed E-state index contributed by atoms with van der Waals surface area (Å²) in [6.45, 7) is 6.48. The second kappa shape index (κ2) is 10.8. The molecule has 0 aromatic carbocycles. The van der Waals surface area contributed by atoms with E-state index in [0.29, 0.717) is 48.0 Å². The molecule has 36 heavy (non-hydrogen) atoms. The number of oxime groups is 1. The summed E-state index contributed by atoms with van der Waals surface area (Å²) in [5.41, 5.74) is 0.833. The third-order valence-corrected chi connectivity index (χ3v) is 10.2. The largest absolute Gasteiger partial charge is 0.478 e. The van der Waals surface area contributed by atoms with Crippen LogP contribution < -0.4 is 5.32 Å². The molecule has 5 fully saturated rings. The zero-order valence-electron chi connectivity index (χ0n) is 21.4. The number of fused-ring (bicyclic) bond motifs is 5. The van der Waals surface area contributed by atoms with E-state index in [1.165, 1.54) is 12.8 Å². The molecule has 4 N–H and O–H groups in total. The summed E-state index contributed by atoms with van der Waals surface area (Å²) in [6.07, 6.45) is 9.28. The molecule has 5 aliphatic rings. The molecule has 202 valence electrons. The van der Waals surface area contributed by atoms with E-state index >= 15 is 4.39 Å². The Kier molecular flexibility index (Phi) is 8.10. The van der Waals surface area contributed by atoms with Gasteiger partial charge < -0.3 is 25.5 Å². The highest BCUT2D eigenvalue weighted by molar-refractivity contribution is 5.90. The van der Waals surface area contributed by atoms with E-state index in [9.17, 15) is 14.7 Å². The average molecular weight is 509 g/mol. The summed E-state index contributed by atoms with van der Waals surface area (Å²) in [5, 5.41) is 33.8. The van der Waals surface area contributed by atoms with Crippen LogP contribution in [0.2, 0.25) is 0 Å². The number of nitrogens with one attached hydrogen (secondary N) is 1. The summed E-state index contributed by atoms with van der Waals surface area (Å²) in [7, 11) is 0. The molecular formula is C27H41FN2O6. The van der Waals surface area contributed by atoms with Crippen molar-refractivity contribution in [3.05, 3.63) is 12.2 Å². The second-order valence-electron chi connectivity index (χ2n) is 12.0.